The molecule has 0 atom stereocenters. The number of hydrogen-bond donors (Lipinski definition) is 2. The fraction of sp³-hybridized carbons (Fsp3) is 0.296. The molecule has 2 N–H and O–H groups in total. The summed E-state index contributed by atoms with van der Waals surface area (Å²) in [6.45, 7) is 4.55. The Morgan fingerprint density at radius 3 is 2.11 bits per heavy atom. The van der Waals surface area contributed by atoms with Gasteiger partial charge in [-0.1, -0.05) is 31.0 Å². The van der Waals surface area contributed by atoms with Crippen LogP contribution in [-0.4, -0.2) is 40.1 Å². The fourth-order valence-electron chi connectivity index (χ4n) is 4.29. The molecule has 8 nitrogen and oxygen atoms in total. The summed E-state index contributed by atoms with van der Waals surface area (Å²) >= 11 is 0. The minimum absolute atomic E-state index is 0.000507. The Morgan fingerprint density at radius 2 is 1.46 bits per heavy atom. The molecule has 0 bridgehead atoms. The van der Waals surface area contributed by atoms with Crippen molar-refractivity contribution in [3.63, 3.8) is 0 Å². The maximum atomic E-state index is 13.0. The number of amides is 1. The number of nitrogens with one attached hydrogen (secondary N) is 2. The molecule has 0 aromatic heterocycles. The van der Waals surface area contributed by atoms with Gasteiger partial charge in [-0.2, -0.15) is 4.31 Å². The number of sulfonamides is 2. The van der Waals surface area contributed by atoms with Gasteiger partial charge in [0.05, 0.1) is 9.79 Å². The van der Waals surface area contributed by atoms with Crippen molar-refractivity contribution in [3.8, 4) is 0 Å². The molecular formula is C27H31N3O5S2. The Kier molecular flexibility index (Phi) is 8.01. The first-order valence-electron chi connectivity index (χ1n) is 12.2. The third-order valence-corrected chi connectivity index (χ3v) is 9.76. The number of carbonyl (C=O) groups excluding carboxylic acids is 1. The summed E-state index contributed by atoms with van der Waals surface area (Å²) in [7, 11) is -7.52. The summed E-state index contributed by atoms with van der Waals surface area (Å²) in [6, 6.07) is 17.5. The molecule has 1 heterocycles. The van der Waals surface area contributed by atoms with Crippen LogP contribution < -0.4 is 10.0 Å². The minimum Gasteiger partial charge on any atom is -0.322 e. The molecule has 10 heteroatoms. The standard InChI is InChI=1S/C27H31N3O5S2/c1-20-8-7-9-24(18-20)29-36(32,33)26-19-22(11-10-21(26)2)27(31)28-23-12-14-25(15-13-23)37(34,35)30-16-5-3-4-6-17-30/h7-15,18-19,29H,3-6,16-17H2,1-2H3,(H,28,31). The van der Waals surface area contributed by atoms with E-state index in [2.05, 4.69) is 10.0 Å². The number of benzene rings is 3. The molecule has 0 spiro atoms. The van der Waals surface area contributed by atoms with Gasteiger partial charge in [-0.25, -0.2) is 16.8 Å². The highest BCUT2D eigenvalue weighted by molar-refractivity contribution is 7.92. The maximum Gasteiger partial charge on any atom is 0.262 e. The average Bonchev–Trinajstić information content (AvgIpc) is 3.15. The lowest BCUT2D eigenvalue weighted by molar-refractivity contribution is 0.102. The summed E-state index contributed by atoms with van der Waals surface area (Å²) in [5.74, 6) is -0.505. The quantitative estimate of drug-likeness (QED) is 0.441. The zero-order valence-electron chi connectivity index (χ0n) is 20.9. The van der Waals surface area contributed by atoms with Crippen molar-refractivity contribution in [1.29, 1.82) is 0 Å². The van der Waals surface area contributed by atoms with Gasteiger partial charge in [0.2, 0.25) is 10.0 Å². The highest BCUT2D eigenvalue weighted by atomic mass is 32.2. The highest BCUT2D eigenvalue weighted by Gasteiger charge is 2.25. The number of nitrogens with zero attached hydrogens (tertiary/aromatic N) is 1. The van der Waals surface area contributed by atoms with E-state index in [1.807, 2.05) is 13.0 Å². The number of carbonyl (C=O) groups is 1. The van der Waals surface area contributed by atoms with Crippen LogP contribution in [0.15, 0.2) is 76.5 Å². The van der Waals surface area contributed by atoms with E-state index in [9.17, 15) is 21.6 Å². The molecule has 1 fully saturated rings. The van der Waals surface area contributed by atoms with Gasteiger partial charge in [-0.05, 0) is 86.3 Å². The Labute approximate surface area is 218 Å². The van der Waals surface area contributed by atoms with Crippen molar-refractivity contribution < 1.29 is 21.6 Å². The minimum atomic E-state index is -3.93. The van der Waals surface area contributed by atoms with Crippen molar-refractivity contribution in [2.75, 3.05) is 23.1 Å². The lowest BCUT2D eigenvalue weighted by Crippen LogP contribution is -2.31. The summed E-state index contributed by atoms with van der Waals surface area (Å²) in [4.78, 5) is 13.1. The van der Waals surface area contributed by atoms with Crippen LogP contribution in [0, 0.1) is 13.8 Å². The van der Waals surface area contributed by atoms with E-state index in [0.717, 1.165) is 31.2 Å². The molecule has 37 heavy (non-hydrogen) atoms. The predicted octanol–water partition coefficient (Wildman–Crippen LogP) is 4.92. The van der Waals surface area contributed by atoms with Gasteiger partial charge in [0.15, 0.2) is 0 Å². The number of aryl methyl sites for hydroxylation is 2. The van der Waals surface area contributed by atoms with Crippen molar-refractivity contribution >= 4 is 37.3 Å². The van der Waals surface area contributed by atoms with Crippen molar-refractivity contribution in [1.82, 2.24) is 4.31 Å². The van der Waals surface area contributed by atoms with Gasteiger partial charge < -0.3 is 5.32 Å². The number of rotatable bonds is 7. The van der Waals surface area contributed by atoms with Crippen LogP contribution in [0.4, 0.5) is 11.4 Å². The highest BCUT2D eigenvalue weighted by Crippen LogP contribution is 2.24. The molecule has 1 aliphatic rings. The lowest BCUT2D eigenvalue weighted by Gasteiger charge is -2.20. The average molecular weight is 542 g/mol. The van der Waals surface area contributed by atoms with E-state index in [1.54, 1.807) is 37.3 Å². The van der Waals surface area contributed by atoms with Crippen molar-refractivity contribution in [2.24, 2.45) is 0 Å². The molecule has 4 rings (SSSR count). The van der Waals surface area contributed by atoms with Gasteiger partial charge in [-0.15, -0.1) is 0 Å². The van der Waals surface area contributed by atoms with Crippen molar-refractivity contribution in [2.45, 2.75) is 49.3 Å². The summed E-state index contributed by atoms with van der Waals surface area (Å²) in [5.41, 5.74) is 2.42. The lowest BCUT2D eigenvalue weighted by atomic mass is 10.1. The van der Waals surface area contributed by atoms with E-state index in [-0.39, 0.29) is 15.4 Å². The largest absolute Gasteiger partial charge is 0.322 e. The topological polar surface area (TPSA) is 113 Å². The Balaban J connectivity index is 1.50. The second-order valence-corrected chi connectivity index (χ2v) is 12.8. The predicted molar refractivity (Wildman–Crippen MR) is 145 cm³/mol. The van der Waals surface area contributed by atoms with Crippen LogP contribution in [0.2, 0.25) is 0 Å². The number of anilines is 2. The molecule has 1 aliphatic heterocycles. The zero-order valence-corrected chi connectivity index (χ0v) is 22.5. The molecular weight excluding hydrogens is 510 g/mol. The van der Waals surface area contributed by atoms with Gasteiger partial charge >= 0.3 is 0 Å². The molecule has 0 saturated carbocycles. The van der Waals surface area contributed by atoms with Crippen LogP contribution in [0.25, 0.3) is 0 Å². The van der Waals surface area contributed by atoms with E-state index in [0.29, 0.717) is 30.0 Å². The first-order valence-corrected chi connectivity index (χ1v) is 15.1. The smallest absolute Gasteiger partial charge is 0.262 e. The van der Waals surface area contributed by atoms with Crippen LogP contribution >= 0.6 is 0 Å². The summed E-state index contributed by atoms with van der Waals surface area (Å²) in [5, 5.41) is 2.72. The van der Waals surface area contributed by atoms with E-state index >= 15 is 0 Å². The van der Waals surface area contributed by atoms with Gasteiger partial charge in [0, 0.05) is 30.0 Å². The molecule has 0 aliphatic carbocycles. The normalized spacial score (nSPS) is 15.1. The second-order valence-electron chi connectivity index (χ2n) is 9.25. The van der Waals surface area contributed by atoms with E-state index in [4.69, 9.17) is 0 Å². The van der Waals surface area contributed by atoms with Crippen LogP contribution in [0.5, 0.6) is 0 Å². The Hall–Kier alpha value is -3.21. The third-order valence-electron chi connectivity index (χ3n) is 6.33. The number of hydrogen-bond acceptors (Lipinski definition) is 5. The SMILES string of the molecule is Cc1cccc(NS(=O)(=O)c2cc(C(=O)Nc3ccc(S(=O)(=O)N4CCCCCC4)cc3)ccc2C)c1. The second kappa shape index (κ2) is 11.0. The monoisotopic (exact) mass is 541 g/mol. The first-order chi connectivity index (χ1) is 17.6. The molecule has 1 amide bonds. The molecule has 0 unspecified atom stereocenters. The molecule has 1 saturated heterocycles. The Morgan fingerprint density at radius 1 is 0.784 bits per heavy atom. The Bertz CT molecular complexity index is 1490. The summed E-state index contributed by atoms with van der Waals surface area (Å²) < 4.78 is 56.1. The van der Waals surface area contributed by atoms with Gasteiger partial charge in [0.1, 0.15) is 0 Å². The fourth-order valence-corrected chi connectivity index (χ4v) is 7.13. The first kappa shape index (κ1) is 26.8. The molecule has 196 valence electrons. The van der Waals surface area contributed by atoms with Crippen LogP contribution in [0.1, 0.15) is 47.2 Å². The zero-order chi connectivity index (χ0) is 26.6. The van der Waals surface area contributed by atoms with E-state index < -0.39 is 26.0 Å². The van der Waals surface area contributed by atoms with Gasteiger partial charge in [0.25, 0.3) is 15.9 Å². The van der Waals surface area contributed by atoms with E-state index in [1.165, 1.54) is 34.6 Å². The molecule has 3 aromatic carbocycles. The third kappa shape index (κ3) is 6.38. The van der Waals surface area contributed by atoms with Gasteiger partial charge in [-0.3, -0.25) is 9.52 Å². The van der Waals surface area contributed by atoms with Crippen molar-refractivity contribution in [3.05, 3.63) is 83.4 Å². The van der Waals surface area contributed by atoms with Crippen LogP contribution in [-0.2, 0) is 20.0 Å². The molecule has 0 radical (unpaired) electrons. The summed E-state index contributed by atoms with van der Waals surface area (Å²) in [6.07, 6.45) is 3.76. The molecule has 3 aromatic rings. The maximum absolute atomic E-state index is 13.0. The van der Waals surface area contributed by atoms with Crippen LogP contribution in [0.3, 0.4) is 0 Å².